The van der Waals surface area contributed by atoms with Gasteiger partial charge in [0.05, 0.1) is 24.3 Å². The van der Waals surface area contributed by atoms with Crippen molar-refractivity contribution in [2.24, 2.45) is 23.7 Å². The molecule has 0 aromatic heterocycles. The lowest BCUT2D eigenvalue weighted by atomic mass is 9.85. The summed E-state index contributed by atoms with van der Waals surface area (Å²) in [6.45, 7) is 0. The van der Waals surface area contributed by atoms with Crippen LogP contribution in [0.15, 0.2) is 36.4 Å². The minimum absolute atomic E-state index is 0.0777. The Morgan fingerprint density at radius 2 is 1.65 bits per heavy atom. The molecule has 5 atom stereocenters. The maximum atomic E-state index is 13.1. The SMILES string of the molecule is CN(C)C(=O)CC(c1ccc(Cl)cc1)N1C(=O)C2C3C=CC(C3)C2C1=O. The van der Waals surface area contributed by atoms with Gasteiger partial charge in [-0.05, 0) is 36.0 Å². The van der Waals surface area contributed by atoms with Crippen LogP contribution in [-0.2, 0) is 14.4 Å². The molecule has 26 heavy (non-hydrogen) atoms. The van der Waals surface area contributed by atoms with E-state index >= 15 is 0 Å². The van der Waals surface area contributed by atoms with Gasteiger partial charge >= 0.3 is 0 Å². The first kappa shape index (κ1) is 17.3. The minimum atomic E-state index is -0.591. The zero-order chi connectivity index (χ0) is 18.6. The van der Waals surface area contributed by atoms with Crippen molar-refractivity contribution in [3.05, 3.63) is 47.0 Å². The number of hydrogen-bond donors (Lipinski definition) is 0. The largest absolute Gasteiger partial charge is 0.349 e. The van der Waals surface area contributed by atoms with E-state index in [9.17, 15) is 14.4 Å². The molecular formula is C20H21ClN2O3. The molecule has 2 bridgehead atoms. The van der Waals surface area contributed by atoms with Crippen molar-refractivity contribution in [3.63, 3.8) is 0 Å². The number of imide groups is 1. The van der Waals surface area contributed by atoms with Crippen molar-refractivity contribution >= 4 is 29.3 Å². The molecule has 0 N–H and O–H groups in total. The van der Waals surface area contributed by atoms with Gasteiger partial charge in [0, 0.05) is 19.1 Å². The van der Waals surface area contributed by atoms with Crippen molar-refractivity contribution in [1.82, 2.24) is 9.80 Å². The van der Waals surface area contributed by atoms with Gasteiger partial charge in [0.1, 0.15) is 0 Å². The van der Waals surface area contributed by atoms with Gasteiger partial charge in [0.2, 0.25) is 17.7 Å². The van der Waals surface area contributed by atoms with Crippen molar-refractivity contribution in [2.45, 2.75) is 18.9 Å². The van der Waals surface area contributed by atoms with Crippen molar-refractivity contribution < 1.29 is 14.4 Å². The first-order valence-corrected chi connectivity index (χ1v) is 9.27. The number of nitrogens with zero attached hydrogens (tertiary/aromatic N) is 2. The molecule has 6 heteroatoms. The quantitative estimate of drug-likeness (QED) is 0.603. The van der Waals surface area contributed by atoms with Crippen LogP contribution in [0.5, 0.6) is 0 Å². The molecule has 1 heterocycles. The Labute approximate surface area is 157 Å². The number of benzene rings is 1. The molecule has 0 radical (unpaired) electrons. The number of rotatable bonds is 4. The van der Waals surface area contributed by atoms with E-state index < -0.39 is 6.04 Å². The van der Waals surface area contributed by atoms with E-state index in [0.717, 1.165) is 12.0 Å². The molecule has 1 aliphatic heterocycles. The van der Waals surface area contributed by atoms with Crippen LogP contribution < -0.4 is 0 Å². The lowest BCUT2D eigenvalue weighted by molar-refractivity contribution is -0.145. The van der Waals surface area contributed by atoms with Crippen LogP contribution in [0.4, 0.5) is 0 Å². The number of carbonyl (C=O) groups excluding carboxylic acids is 3. The second-order valence-electron chi connectivity index (χ2n) is 7.61. The van der Waals surface area contributed by atoms with Gasteiger partial charge in [-0.15, -0.1) is 0 Å². The van der Waals surface area contributed by atoms with Gasteiger partial charge in [-0.25, -0.2) is 0 Å². The molecule has 5 nitrogen and oxygen atoms in total. The van der Waals surface area contributed by atoms with Crippen LogP contribution in [0.2, 0.25) is 5.02 Å². The maximum absolute atomic E-state index is 13.1. The van der Waals surface area contributed by atoms with Crippen molar-refractivity contribution in [2.75, 3.05) is 14.1 Å². The highest BCUT2D eigenvalue weighted by atomic mass is 35.5. The molecule has 2 aliphatic carbocycles. The summed E-state index contributed by atoms with van der Waals surface area (Å²) in [6.07, 6.45) is 5.11. The molecule has 1 saturated carbocycles. The van der Waals surface area contributed by atoms with Crippen LogP contribution in [0.3, 0.4) is 0 Å². The smallest absolute Gasteiger partial charge is 0.234 e. The van der Waals surface area contributed by atoms with Crippen LogP contribution >= 0.6 is 11.6 Å². The van der Waals surface area contributed by atoms with Crippen LogP contribution in [0, 0.1) is 23.7 Å². The van der Waals surface area contributed by atoms with Gasteiger partial charge in [0.25, 0.3) is 0 Å². The van der Waals surface area contributed by atoms with Crippen molar-refractivity contribution in [3.8, 4) is 0 Å². The van der Waals surface area contributed by atoms with Gasteiger partial charge < -0.3 is 4.90 Å². The summed E-state index contributed by atoms with van der Waals surface area (Å²) >= 11 is 5.98. The lowest BCUT2D eigenvalue weighted by Gasteiger charge is -2.29. The summed E-state index contributed by atoms with van der Waals surface area (Å²) in [6, 6.07) is 6.43. The summed E-state index contributed by atoms with van der Waals surface area (Å²) in [5.41, 5.74) is 0.756. The summed E-state index contributed by atoms with van der Waals surface area (Å²) in [4.78, 5) is 41.5. The topological polar surface area (TPSA) is 57.7 Å². The third kappa shape index (κ3) is 2.57. The third-order valence-electron chi connectivity index (χ3n) is 5.94. The number of fused-ring (bicyclic) bond motifs is 5. The molecule has 3 aliphatic rings. The van der Waals surface area contributed by atoms with Gasteiger partial charge in [-0.3, -0.25) is 19.3 Å². The highest BCUT2D eigenvalue weighted by molar-refractivity contribution is 6.30. The first-order valence-electron chi connectivity index (χ1n) is 8.89. The normalized spacial score (nSPS) is 30.0. The fraction of sp³-hybridized carbons (Fsp3) is 0.450. The van der Waals surface area contributed by atoms with Crippen LogP contribution in [-0.4, -0.2) is 41.6 Å². The molecule has 1 saturated heterocycles. The van der Waals surface area contributed by atoms with E-state index in [2.05, 4.69) is 12.2 Å². The highest BCUT2D eigenvalue weighted by Gasteiger charge is 2.60. The Hall–Kier alpha value is -2.14. The van der Waals surface area contributed by atoms with E-state index in [1.807, 2.05) is 0 Å². The second kappa shape index (κ2) is 6.23. The molecular weight excluding hydrogens is 352 g/mol. The zero-order valence-electron chi connectivity index (χ0n) is 14.8. The van der Waals surface area contributed by atoms with E-state index in [0.29, 0.717) is 5.02 Å². The standard InChI is InChI=1S/C20H21ClN2O3/c1-22(2)16(24)10-15(11-5-7-14(21)8-6-11)23-19(25)17-12-3-4-13(9-12)18(17)20(23)26/h3-8,12-13,15,17-18H,9-10H2,1-2H3. The zero-order valence-corrected chi connectivity index (χ0v) is 15.5. The molecule has 2 fully saturated rings. The summed E-state index contributed by atoms with van der Waals surface area (Å²) in [5, 5.41) is 0.574. The predicted molar refractivity (Wildman–Crippen MR) is 97.1 cm³/mol. The lowest BCUT2D eigenvalue weighted by Crippen LogP contribution is -2.39. The third-order valence-corrected chi connectivity index (χ3v) is 6.19. The number of amides is 3. The summed E-state index contributed by atoms with van der Waals surface area (Å²) < 4.78 is 0. The Kier molecular flexibility index (Phi) is 4.14. The van der Waals surface area contributed by atoms with Gasteiger partial charge in [0.15, 0.2) is 0 Å². The average Bonchev–Trinajstić information content (AvgIpc) is 3.28. The minimum Gasteiger partial charge on any atom is -0.349 e. The molecule has 5 unspecified atom stereocenters. The van der Waals surface area contributed by atoms with E-state index in [-0.39, 0.29) is 47.8 Å². The summed E-state index contributed by atoms with van der Waals surface area (Å²) in [7, 11) is 3.35. The Balaban J connectivity index is 1.70. The highest BCUT2D eigenvalue weighted by Crippen LogP contribution is 2.54. The molecule has 1 aromatic carbocycles. The second-order valence-corrected chi connectivity index (χ2v) is 8.04. The predicted octanol–water partition coefficient (Wildman–Crippen LogP) is 2.67. The van der Waals surface area contributed by atoms with E-state index in [4.69, 9.17) is 11.6 Å². The molecule has 4 rings (SSSR count). The Bertz CT molecular complexity index is 772. The number of hydrogen-bond acceptors (Lipinski definition) is 3. The number of likely N-dealkylation sites (tertiary alicyclic amines) is 1. The van der Waals surface area contributed by atoms with E-state index in [1.54, 1.807) is 38.4 Å². The number of carbonyl (C=O) groups is 3. The molecule has 136 valence electrons. The maximum Gasteiger partial charge on any atom is 0.234 e. The molecule has 0 spiro atoms. The fourth-order valence-corrected chi connectivity index (χ4v) is 4.75. The van der Waals surface area contributed by atoms with Gasteiger partial charge in [-0.2, -0.15) is 0 Å². The monoisotopic (exact) mass is 372 g/mol. The van der Waals surface area contributed by atoms with Crippen LogP contribution in [0.25, 0.3) is 0 Å². The van der Waals surface area contributed by atoms with Crippen LogP contribution in [0.1, 0.15) is 24.4 Å². The fourth-order valence-electron chi connectivity index (χ4n) is 4.62. The first-order chi connectivity index (χ1) is 12.4. The Morgan fingerprint density at radius 3 is 2.15 bits per heavy atom. The Morgan fingerprint density at radius 1 is 1.12 bits per heavy atom. The average molecular weight is 373 g/mol. The number of allylic oxidation sites excluding steroid dienone is 2. The van der Waals surface area contributed by atoms with E-state index in [1.165, 1.54) is 9.80 Å². The molecule has 3 amide bonds. The van der Waals surface area contributed by atoms with Gasteiger partial charge in [-0.1, -0.05) is 35.9 Å². The summed E-state index contributed by atoms with van der Waals surface area (Å²) in [5.74, 6) is -0.609. The number of halogens is 1. The molecule has 1 aromatic rings. The van der Waals surface area contributed by atoms with Crippen molar-refractivity contribution in [1.29, 1.82) is 0 Å².